The Morgan fingerprint density at radius 1 is 1.22 bits per heavy atom. The number of unbranched alkanes of at least 4 members (excludes halogenated alkanes) is 2. The molecule has 0 bridgehead atoms. The fourth-order valence-electron chi connectivity index (χ4n) is 3.44. The van der Waals surface area contributed by atoms with Gasteiger partial charge in [0.2, 0.25) is 11.8 Å². The molecule has 27 heavy (non-hydrogen) atoms. The van der Waals surface area contributed by atoms with E-state index in [2.05, 4.69) is 5.32 Å². The van der Waals surface area contributed by atoms with Crippen LogP contribution < -0.4 is 10.1 Å². The summed E-state index contributed by atoms with van der Waals surface area (Å²) >= 11 is 0. The lowest BCUT2D eigenvalue weighted by molar-refractivity contribution is -0.138. The van der Waals surface area contributed by atoms with Crippen molar-refractivity contribution in [2.75, 3.05) is 6.61 Å². The van der Waals surface area contributed by atoms with Crippen LogP contribution in [0.25, 0.3) is 0 Å². The summed E-state index contributed by atoms with van der Waals surface area (Å²) in [5.74, 6) is -1.34. The van der Waals surface area contributed by atoms with Gasteiger partial charge < -0.3 is 14.7 Å². The number of nitrogens with zero attached hydrogens (tertiary/aromatic N) is 1. The van der Waals surface area contributed by atoms with Crippen molar-refractivity contribution in [3.63, 3.8) is 0 Å². The van der Waals surface area contributed by atoms with Crippen molar-refractivity contribution in [3.8, 4) is 5.75 Å². The van der Waals surface area contributed by atoms with Crippen LogP contribution in [0.15, 0.2) is 18.2 Å². The highest BCUT2D eigenvalue weighted by molar-refractivity contribution is 6.06. The van der Waals surface area contributed by atoms with E-state index in [1.54, 1.807) is 12.1 Å². The van der Waals surface area contributed by atoms with Crippen LogP contribution in [-0.2, 0) is 20.9 Å². The lowest BCUT2D eigenvalue weighted by atomic mass is 10.0. The molecule has 3 rings (SSSR count). The van der Waals surface area contributed by atoms with Crippen LogP contribution >= 0.6 is 0 Å². The minimum Gasteiger partial charge on any atom is -0.493 e. The third-order valence-electron chi connectivity index (χ3n) is 4.81. The number of carbonyl (C=O) groups is 4. The molecule has 1 saturated heterocycles. The van der Waals surface area contributed by atoms with Crippen molar-refractivity contribution in [3.05, 3.63) is 29.3 Å². The van der Waals surface area contributed by atoms with Crippen molar-refractivity contribution in [2.45, 2.75) is 51.1 Å². The number of hydrogen-bond donors (Lipinski definition) is 2. The molecule has 2 aliphatic heterocycles. The molecular weight excluding hydrogens is 352 g/mol. The number of nitrogens with one attached hydrogen (secondary N) is 1. The molecule has 1 atom stereocenters. The predicted octanol–water partition coefficient (Wildman–Crippen LogP) is 1.47. The molecule has 0 aliphatic carbocycles. The van der Waals surface area contributed by atoms with E-state index in [9.17, 15) is 19.2 Å². The van der Waals surface area contributed by atoms with E-state index < -0.39 is 17.9 Å². The van der Waals surface area contributed by atoms with E-state index in [0.717, 1.165) is 12.0 Å². The number of amides is 3. The lowest BCUT2D eigenvalue weighted by Crippen LogP contribution is -2.52. The first-order valence-electron chi connectivity index (χ1n) is 9.08. The zero-order valence-electron chi connectivity index (χ0n) is 14.9. The number of hydrogen-bond acceptors (Lipinski definition) is 5. The normalized spacial score (nSPS) is 19.0. The second kappa shape index (κ2) is 8.20. The molecule has 1 unspecified atom stereocenters. The molecule has 0 radical (unpaired) electrons. The van der Waals surface area contributed by atoms with Crippen LogP contribution in [0.4, 0.5) is 0 Å². The predicted molar refractivity (Wildman–Crippen MR) is 94.1 cm³/mol. The van der Waals surface area contributed by atoms with E-state index >= 15 is 0 Å². The summed E-state index contributed by atoms with van der Waals surface area (Å²) in [6.45, 7) is 0.706. The Morgan fingerprint density at radius 2 is 2.04 bits per heavy atom. The highest BCUT2D eigenvalue weighted by atomic mass is 16.5. The number of imide groups is 1. The van der Waals surface area contributed by atoms with Gasteiger partial charge in [0.25, 0.3) is 5.91 Å². The van der Waals surface area contributed by atoms with Gasteiger partial charge in [0.1, 0.15) is 11.8 Å². The second-order valence-electron chi connectivity index (χ2n) is 6.74. The highest BCUT2D eigenvalue weighted by Gasteiger charge is 2.40. The third-order valence-corrected chi connectivity index (χ3v) is 4.81. The van der Waals surface area contributed by atoms with E-state index in [1.807, 2.05) is 6.07 Å². The van der Waals surface area contributed by atoms with Gasteiger partial charge in [-0.3, -0.25) is 24.5 Å². The summed E-state index contributed by atoms with van der Waals surface area (Å²) < 4.78 is 5.76. The zero-order valence-corrected chi connectivity index (χ0v) is 14.9. The quantitative estimate of drug-likeness (QED) is 0.526. The molecule has 8 nitrogen and oxygen atoms in total. The number of aliphatic carboxylic acids is 1. The molecule has 2 heterocycles. The minimum atomic E-state index is -0.809. The van der Waals surface area contributed by atoms with Crippen molar-refractivity contribution < 1.29 is 29.0 Å². The van der Waals surface area contributed by atoms with E-state index in [-0.39, 0.29) is 24.7 Å². The average molecular weight is 374 g/mol. The monoisotopic (exact) mass is 374 g/mol. The van der Waals surface area contributed by atoms with Crippen LogP contribution in [0.2, 0.25) is 0 Å². The number of rotatable bonds is 8. The number of ether oxygens (including phenoxy) is 1. The Kier molecular flexibility index (Phi) is 5.73. The molecular formula is C19H22N2O6. The van der Waals surface area contributed by atoms with E-state index in [1.165, 1.54) is 4.90 Å². The molecule has 1 aromatic carbocycles. The number of carboxylic acid groups (broad SMARTS) is 1. The van der Waals surface area contributed by atoms with Crippen LogP contribution in [0, 0.1) is 0 Å². The van der Waals surface area contributed by atoms with Crippen molar-refractivity contribution in [1.82, 2.24) is 10.2 Å². The van der Waals surface area contributed by atoms with Gasteiger partial charge in [0, 0.05) is 19.4 Å². The maximum Gasteiger partial charge on any atom is 0.303 e. The van der Waals surface area contributed by atoms with Gasteiger partial charge in [-0.1, -0.05) is 12.1 Å². The van der Waals surface area contributed by atoms with Crippen LogP contribution in [-0.4, -0.2) is 46.3 Å². The van der Waals surface area contributed by atoms with Gasteiger partial charge in [0.15, 0.2) is 0 Å². The summed E-state index contributed by atoms with van der Waals surface area (Å²) in [6, 6.07) is 4.71. The summed E-state index contributed by atoms with van der Waals surface area (Å²) in [5.41, 5.74) is 1.26. The first-order valence-corrected chi connectivity index (χ1v) is 9.08. The van der Waals surface area contributed by atoms with Crippen LogP contribution in [0.5, 0.6) is 5.75 Å². The van der Waals surface area contributed by atoms with Gasteiger partial charge in [-0.15, -0.1) is 0 Å². The zero-order chi connectivity index (χ0) is 19.4. The molecule has 1 aromatic rings. The molecule has 3 amide bonds. The number of carboxylic acids is 1. The van der Waals surface area contributed by atoms with Crippen molar-refractivity contribution >= 4 is 23.7 Å². The Labute approximate surface area is 156 Å². The molecule has 0 saturated carbocycles. The molecule has 144 valence electrons. The lowest BCUT2D eigenvalue weighted by Gasteiger charge is -2.29. The molecule has 2 aliphatic rings. The molecule has 8 heteroatoms. The van der Waals surface area contributed by atoms with Gasteiger partial charge in [-0.05, 0) is 37.3 Å². The molecule has 1 fully saturated rings. The molecule has 0 spiro atoms. The van der Waals surface area contributed by atoms with E-state index in [4.69, 9.17) is 9.84 Å². The smallest absolute Gasteiger partial charge is 0.303 e. The first kappa shape index (κ1) is 18.9. The fourth-order valence-corrected chi connectivity index (χ4v) is 3.44. The minimum absolute atomic E-state index is 0.139. The van der Waals surface area contributed by atoms with Crippen molar-refractivity contribution in [2.24, 2.45) is 0 Å². The first-order chi connectivity index (χ1) is 13.0. The number of carbonyl (C=O) groups excluding carboxylic acids is 3. The Bertz CT molecular complexity index is 775. The third kappa shape index (κ3) is 4.27. The highest BCUT2D eigenvalue weighted by Crippen LogP contribution is 2.33. The standard InChI is InChI=1S/C19H22N2O6/c22-15-9-8-13(18(25)20-15)21-11-12-5-4-6-14(17(12)19(21)26)27-10-3-1-2-7-16(23)24/h4-6,13H,1-3,7-11H2,(H,23,24)(H,20,22,25). The molecule has 0 aromatic heterocycles. The van der Waals surface area contributed by atoms with E-state index in [0.29, 0.717) is 43.7 Å². The topological polar surface area (TPSA) is 113 Å². The largest absolute Gasteiger partial charge is 0.493 e. The van der Waals surface area contributed by atoms with Crippen LogP contribution in [0.3, 0.4) is 0 Å². The van der Waals surface area contributed by atoms with Gasteiger partial charge >= 0.3 is 5.97 Å². The van der Waals surface area contributed by atoms with Gasteiger partial charge in [-0.25, -0.2) is 0 Å². The summed E-state index contributed by atoms with van der Waals surface area (Å²) in [4.78, 5) is 48.3. The Hall–Kier alpha value is -2.90. The fraction of sp³-hybridized carbons (Fsp3) is 0.474. The second-order valence-corrected chi connectivity index (χ2v) is 6.74. The SMILES string of the molecule is O=C(O)CCCCCOc1cccc2c1C(=O)N(C1CCC(=O)NC1=O)C2. The molecule has 2 N–H and O–H groups in total. The maximum atomic E-state index is 12.9. The summed E-state index contributed by atoms with van der Waals surface area (Å²) in [7, 11) is 0. The Balaban J connectivity index is 1.61. The maximum absolute atomic E-state index is 12.9. The van der Waals surface area contributed by atoms with Crippen LogP contribution in [0.1, 0.15) is 54.4 Å². The summed E-state index contributed by atoms with van der Waals surface area (Å²) in [6.07, 6.45) is 2.70. The number of piperidine rings is 1. The number of benzene rings is 1. The van der Waals surface area contributed by atoms with Gasteiger partial charge in [0.05, 0.1) is 12.2 Å². The average Bonchev–Trinajstić information content (AvgIpc) is 2.95. The van der Waals surface area contributed by atoms with Crippen molar-refractivity contribution in [1.29, 1.82) is 0 Å². The number of fused-ring (bicyclic) bond motifs is 1. The summed E-state index contributed by atoms with van der Waals surface area (Å²) in [5, 5.41) is 10.9. The van der Waals surface area contributed by atoms with Gasteiger partial charge in [-0.2, -0.15) is 0 Å². The Morgan fingerprint density at radius 3 is 2.78 bits per heavy atom.